The molecule has 284 valence electrons. The Labute approximate surface area is 294 Å². The van der Waals surface area contributed by atoms with Gasteiger partial charge in [-0.15, -0.1) is 0 Å². The van der Waals surface area contributed by atoms with Crippen LogP contribution >= 0.6 is 21.9 Å². The van der Waals surface area contributed by atoms with E-state index in [1.54, 1.807) is 0 Å². The van der Waals surface area contributed by atoms with Gasteiger partial charge in [0.2, 0.25) is 0 Å². The van der Waals surface area contributed by atoms with Crippen LogP contribution in [0.2, 0.25) is 0 Å². The molecular formula is C40H91O3P3. The summed E-state index contributed by atoms with van der Waals surface area (Å²) >= 11 is 0. The number of hydrogen-bond acceptors (Lipinski definition) is 3. The van der Waals surface area contributed by atoms with E-state index in [9.17, 15) is 4.57 Å². The Kier molecular flexibility index (Phi) is 31.7. The van der Waals surface area contributed by atoms with Gasteiger partial charge in [0.15, 0.2) is 0 Å². The zero-order valence-electron chi connectivity index (χ0n) is 33.8. The Morgan fingerprint density at radius 3 is 0.630 bits per heavy atom. The van der Waals surface area contributed by atoms with Crippen molar-refractivity contribution >= 4 is 21.9 Å². The third kappa shape index (κ3) is 20.0. The van der Waals surface area contributed by atoms with Gasteiger partial charge in [-0.3, -0.25) is 0 Å². The van der Waals surface area contributed by atoms with Crippen LogP contribution in [0.15, 0.2) is 0 Å². The summed E-state index contributed by atoms with van der Waals surface area (Å²) in [5.41, 5.74) is 0. The van der Waals surface area contributed by atoms with Crippen LogP contribution in [-0.4, -0.2) is 49.3 Å². The van der Waals surface area contributed by atoms with E-state index in [0.717, 1.165) is 49.3 Å². The van der Waals surface area contributed by atoms with E-state index in [1.807, 2.05) is 0 Å². The van der Waals surface area contributed by atoms with E-state index in [4.69, 9.17) is 8.62 Å². The molecule has 0 aromatic carbocycles. The second kappa shape index (κ2) is 29.7. The fourth-order valence-electron chi connectivity index (χ4n) is 7.46. The molecule has 0 heterocycles. The van der Waals surface area contributed by atoms with Gasteiger partial charge in [0.1, 0.15) is 0 Å². The van der Waals surface area contributed by atoms with Crippen LogP contribution in [-0.2, 0) is 13.2 Å². The van der Waals surface area contributed by atoms with Crippen molar-refractivity contribution in [2.24, 2.45) is 0 Å². The maximum atomic E-state index is 14.6. The molecule has 0 saturated carbocycles. The first-order chi connectivity index (χ1) is 22.1. The summed E-state index contributed by atoms with van der Waals surface area (Å²) in [4.78, 5) is 0. The first-order valence-corrected chi connectivity index (χ1v) is 28.1. The number of rotatable bonds is 33. The average Bonchev–Trinajstić information content (AvgIpc) is 3.07. The molecule has 0 bridgehead atoms. The van der Waals surface area contributed by atoms with Gasteiger partial charge in [-0.25, -0.2) is 0 Å². The van der Waals surface area contributed by atoms with Gasteiger partial charge in [-0.1, -0.05) is 52.4 Å². The molecule has 0 radical (unpaired) electrons. The first-order valence-electron chi connectivity index (χ1n) is 21.1. The average molecular weight is 713 g/mol. The normalized spacial score (nSPS) is 14.6. The summed E-state index contributed by atoms with van der Waals surface area (Å²) in [6.45, 7) is 17.7. The van der Waals surface area contributed by atoms with Crippen molar-refractivity contribution in [3.05, 3.63) is 0 Å². The van der Waals surface area contributed by atoms with Crippen LogP contribution < -0.4 is 0 Å². The van der Waals surface area contributed by atoms with E-state index in [2.05, 4.69) is 69.2 Å². The van der Waals surface area contributed by atoms with Crippen LogP contribution in [0.3, 0.4) is 0 Å². The van der Waals surface area contributed by atoms with Gasteiger partial charge < -0.3 is 0 Å². The Hall–Kier alpha value is 1.01. The molecule has 0 atom stereocenters. The molecule has 0 fully saturated rings. The van der Waals surface area contributed by atoms with Crippen molar-refractivity contribution < 1.29 is 13.2 Å². The Morgan fingerprint density at radius 1 is 0.304 bits per heavy atom. The molecule has 0 amide bonds. The van der Waals surface area contributed by atoms with E-state index in [-0.39, 0.29) is 0 Å². The molecule has 0 aromatic rings. The molecule has 0 aromatic heterocycles. The molecule has 0 spiro atoms. The predicted molar refractivity (Wildman–Crippen MR) is 222 cm³/mol. The fourth-order valence-corrected chi connectivity index (χ4v) is 25.8. The summed E-state index contributed by atoms with van der Waals surface area (Å²) in [6.07, 6.45) is 36.9. The Bertz CT molecular complexity index is 556. The minimum atomic E-state index is -2.63. The second-order valence-electron chi connectivity index (χ2n) is 15.2. The summed E-state index contributed by atoms with van der Waals surface area (Å²) in [7, 11) is -2.59. The molecule has 0 unspecified atom stereocenters. The molecule has 3 nitrogen and oxygen atoms in total. The minimum absolute atomic E-state index is 1.16. The van der Waals surface area contributed by atoms with Gasteiger partial charge in [0.05, 0.1) is 0 Å². The van der Waals surface area contributed by atoms with Crippen LogP contribution in [0, 0.1) is 0 Å². The third-order valence-corrected chi connectivity index (χ3v) is 27.6. The summed E-state index contributed by atoms with van der Waals surface area (Å²) in [5.74, 6) is 0. The SMILES string of the molecule is CCCCCCCC.CCCCP(CCCC)(CCCC)(CCCC)O[PH](=O)OP(CCCC)(CCCC)(CCCC)CCCC. The van der Waals surface area contributed by atoms with Crippen molar-refractivity contribution in [2.45, 2.75) is 210 Å². The van der Waals surface area contributed by atoms with Gasteiger partial charge >= 0.3 is 243 Å². The standard InChI is InChI=1S/C32H73O3P3.C8H18/c1-9-17-25-37(26-18-10-2,27-19-11-3,28-20-12-4)34-36(33)35-38(29-21-13-5,30-22-14-6,31-23-15-7)32-24-16-8;1-3-5-7-8-6-4-2/h36H,9-32H2,1-8H3;3-8H2,1-2H3. The second-order valence-corrected chi connectivity index (χ2v) is 28.2. The molecule has 0 saturated heterocycles. The number of hydrogen-bond donors (Lipinski definition) is 0. The van der Waals surface area contributed by atoms with E-state index >= 15 is 0 Å². The summed E-state index contributed by atoms with van der Waals surface area (Å²) in [5, 5.41) is 0. The predicted octanol–water partition coefficient (Wildman–Crippen LogP) is 16.1. The summed E-state index contributed by atoms with van der Waals surface area (Å²) in [6, 6.07) is 0. The van der Waals surface area contributed by atoms with Gasteiger partial charge in [0, 0.05) is 0 Å². The topological polar surface area (TPSA) is 35.5 Å². The van der Waals surface area contributed by atoms with Gasteiger partial charge in [-0.05, 0) is 0 Å². The first kappa shape index (κ1) is 49.1. The molecule has 0 aliphatic carbocycles. The molecule has 0 aliphatic rings. The zero-order valence-corrected chi connectivity index (χ0v) is 36.6. The molecule has 0 N–H and O–H groups in total. The summed E-state index contributed by atoms with van der Waals surface area (Å²) < 4.78 is 29.2. The molecule has 0 rings (SSSR count). The van der Waals surface area contributed by atoms with Crippen molar-refractivity contribution in [1.29, 1.82) is 0 Å². The van der Waals surface area contributed by atoms with E-state index in [0.29, 0.717) is 0 Å². The van der Waals surface area contributed by atoms with Crippen molar-refractivity contribution in [1.82, 2.24) is 0 Å². The third-order valence-electron chi connectivity index (χ3n) is 10.7. The van der Waals surface area contributed by atoms with Crippen molar-refractivity contribution in [3.63, 3.8) is 0 Å². The molecular weight excluding hydrogens is 621 g/mol. The monoisotopic (exact) mass is 713 g/mol. The van der Waals surface area contributed by atoms with Gasteiger partial charge in [0.25, 0.3) is 0 Å². The van der Waals surface area contributed by atoms with Crippen LogP contribution in [0.4, 0.5) is 0 Å². The Balaban J connectivity index is 0. The van der Waals surface area contributed by atoms with Crippen LogP contribution in [0.1, 0.15) is 210 Å². The Morgan fingerprint density at radius 2 is 0.478 bits per heavy atom. The zero-order chi connectivity index (χ0) is 35.1. The maximum absolute atomic E-state index is 14.6. The van der Waals surface area contributed by atoms with E-state index in [1.165, 1.54) is 141 Å². The fraction of sp³-hybridized carbons (Fsp3) is 1.00. The van der Waals surface area contributed by atoms with E-state index < -0.39 is 21.9 Å². The quantitative estimate of drug-likeness (QED) is 0.0502. The van der Waals surface area contributed by atoms with Crippen LogP contribution in [0.25, 0.3) is 0 Å². The van der Waals surface area contributed by atoms with Gasteiger partial charge in [-0.2, -0.15) is 0 Å². The van der Waals surface area contributed by atoms with Crippen LogP contribution in [0.5, 0.6) is 0 Å². The molecule has 0 aliphatic heterocycles. The number of unbranched alkanes of at least 4 members (excludes halogenated alkanes) is 13. The van der Waals surface area contributed by atoms with Crippen molar-refractivity contribution in [3.8, 4) is 0 Å². The van der Waals surface area contributed by atoms with Crippen molar-refractivity contribution in [2.75, 3.05) is 49.3 Å². The molecule has 46 heavy (non-hydrogen) atoms. The molecule has 6 heteroatoms.